The molecule has 17 heteroatoms. The van der Waals surface area contributed by atoms with Crippen LogP contribution in [0.5, 0.6) is 11.6 Å². The van der Waals surface area contributed by atoms with Gasteiger partial charge in [-0.3, -0.25) is 18.7 Å². The van der Waals surface area contributed by atoms with Crippen LogP contribution in [0.25, 0.3) is 0 Å². The quantitative estimate of drug-likeness (QED) is 0.367. The normalized spacial score (nSPS) is 15.6. The second kappa shape index (κ2) is 12.0. The summed E-state index contributed by atoms with van der Waals surface area (Å²) in [4.78, 5) is 23.3. The second-order valence-corrected chi connectivity index (χ2v) is 11.4. The van der Waals surface area contributed by atoms with E-state index < -0.39 is 45.5 Å². The summed E-state index contributed by atoms with van der Waals surface area (Å²) in [5.74, 6) is -0.677. The van der Waals surface area contributed by atoms with Crippen LogP contribution in [0.2, 0.25) is 0 Å². The SMILES string of the molecule is CCn1cc(S(=O)(=O)N2C[C@H](CNC(C)=O)Oc3ccc(N(C(=O)O)C(C)(C)C(F)(F)F)cc32)c(OCCOC)n1. The lowest BCUT2D eigenvalue weighted by molar-refractivity contribution is -0.175. The molecule has 1 aromatic carbocycles. The first kappa shape index (κ1) is 31.8. The Bertz CT molecular complexity index is 1380. The summed E-state index contributed by atoms with van der Waals surface area (Å²) in [5.41, 5.74) is -3.52. The van der Waals surface area contributed by atoms with E-state index in [1.165, 1.54) is 31.0 Å². The maximum atomic E-state index is 14.1. The number of hydrogen-bond donors (Lipinski definition) is 2. The van der Waals surface area contributed by atoms with Gasteiger partial charge in [0.1, 0.15) is 24.0 Å². The summed E-state index contributed by atoms with van der Waals surface area (Å²) in [6.45, 7) is 4.34. The van der Waals surface area contributed by atoms with Crippen molar-refractivity contribution in [3.8, 4) is 11.6 Å². The number of carbonyl (C=O) groups is 2. The average Bonchev–Trinajstić information content (AvgIpc) is 3.30. The molecular formula is C24H32F3N5O8S. The largest absolute Gasteiger partial charge is 0.484 e. The Morgan fingerprint density at radius 1 is 1.27 bits per heavy atom. The molecular weight excluding hydrogens is 575 g/mol. The topological polar surface area (TPSA) is 153 Å². The zero-order valence-electron chi connectivity index (χ0n) is 23.1. The van der Waals surface area contributed by atoms with Crippen LogP contribution in [0.15, 0.2) is 29.3 Å². The maximum Gasteiger partial charge on any atom is 0.412 e. The summed E-state index contributed by atoms with van der Waals surface area (Å²) < 4.78 is 88.3. The van der Waals surface area contributed by atoms with Crippen molar-refractivity contribution in [3.63, 3.8) is 0 Å². The molecule has 0 saturated carbocycles. The molecule has 1 aliphatic rings. The molecule has 0 saturated heterocycles. The van der Waals surface area contributed by atoms with Crippen molar-refractivity contribution in [1.29, 1.82) is 0 Å². The Morgan fingerprint density at radius 3 is 2.51 bits per heavy atom. The molecule has 0 unspecified atom stereocenters. The van der Waals surface area contributed by atoms with Crippen molar-refractivity contribution in [2.24, 2.45) is 0 Å². The first-order chi connectivity index (χ1) is 19.0. The van der Waals surface area contributed by atoms with Crippen LogP contribution in [0.4, 0.5) is 29.3 Å². The zero-order valence-corrected chi connectivity index (χ0v) is 23.9. The van der Waals surface area contributed by atoms with E-state index in [4.69, 9.17) is 14.2 Å². The van der Waals surface area contributed by atoms with Crippen LogP contribution >= 0.6 is 0 Å². The van der Waals surface area contributed by atoms with Gasteiger partial charge in [0.05, 0.1) is 31.1 Å². The number of amides is 2. The zero-order chi connectivity index (χ0) is 30.8. The summed E-state index contributed by atoms with van der Waals surface area (Å²) in [7, 11) is -3.09. The molecule has 228 valence electrons. The molecule has 1 aliphatic heterocycles. The Kier molecular flexibility index (Phi) is 9.32. The average molecular weight is 608 g/mol. The van der Waals surface area contributed by atoms with Crippen molar-refractivity contribution in [1.82, 2.24) is 15.1 Å². The fourth-order valence-electron chi connectivity index (χ4n) is 3.99. The van der Waals surface area contributed by atoms with E-state index in [-0.39, 0.29) is 53.4 Å². The highest BCUT2D eigenvalue weighted by Gasteiger charge is 2.54. The summed E-state index contributed by atoms with van der Waals surface area (Å²) in [5, 5.41) is 16.5. The number of ether oxygens (including phenoxy) is 3. The number of aromatic nitrogens is 2. The number of nitrogens with one attached hydrogen (secondary N) is 1. The van der Waals surface area contributed by atoms with Gasteiger partial charge in [-0.2, -0.15) is 13.2 Å². The molecule has 2 N–H and O–H groups in total. The van der Waals surface area contributed by atoms with Crippen LogP contribution in [-0.2, 0) is 26.1 Å². The van der Waals surface area contributed by atoms with Crippen molar-refractivity contribution in [3.05, 3.63) is 24.4 Å². The van der Waals surface area contributed by atoms with Gasteiger partial charge in [0.15, 0.2) is 4.90 Å². The molecule has 1 atom stereocenters. The number of sulfonamides is 1. The maximum absolute atomic E-state index is 14.1. The number of rotatable bonds is 11. The number of fused-ring (bicyclic) bond motifs is 1. The minimum Gasteiger partial charge on any atom is -0.484 e. The monoisotopic (exact) mass is 607 g/mol. The van der Waals surface area contributed by atoms with Crippen LogP contribution in [0.1, 0.15) is 27.7 Å². The number of carboxylic acid groups (broad SMARTS) is 1. The molecule has 41 heavy (non-hydrogen) atoms. The molecule has 13 nitrogen and oxygen atoms in total. The smallest absolute Gasteiger partial charge is 0.412 e. The van der Waals surface area contributed by atoms with E-state index in [2.05, 4.69) is 10.4 Å². The van der Waals surface area contributed by atoms with Crippen LogP contribution in [0.3, 0.4) is 0 Å². The highest BCUT2D eigenvalue weighted by Crippen LogP contribution is 2.44. The molecule has 0 radical (unpaired) electrons. The fraction of sp³-hybridized carbons (Fsp3) is 0.542. The number of aryl methyl sites for hydroxylation is 1. The first-order valence-corrected chi connectivity index (χ1v) is 13.9. The Labute approximate surface area is 234 Å². The van der Waals surface area contributed by atoms with Gasteiger partial charge in [0.25, 0.3) is 15.9 Å². The Balaban J connectivity index is 2.18. The van der Waals surface area contributed by atoms with E-state index in [9.17, 15) is 36.3 Å². The van der Waals surface area contributed by atoms with E-state index in [1.54, 1.807) is 6.92 Å². The molecule has 2 amide bonds. The molecule has 0 aliphatic carbocycles. The number of benzene rings is 1. The highest BCUT2D eigenvalue weighted by atomic mass is 32.2. The van der Waals surface area contributed by atoms with Gasteiger partial charge in [-0.15, -0.1) is 5.10 Å². The van der Waals surface area contributed by atoms with Gasteiger partial charge in [-0.1, -0.05) is 0 Å². The van der Waals surface area contributed by atoms with Crippen LogP contribution in [-0.4, -0.2) is 86.5 Å². The summed E-state index contributed by atoms with van der Waals surface area (Å²) in [6, 6.07) is 3.26. The molecule has 1 aromatic heterocycles. The number of alkyl halides is 3. The standard InChI is InChI=1S/C24H32F3N5O8S/c1-6-30-14-20(21(29-30)39-10-9-38-5)41(36,37)31-13-17(12-28-15(2)33)40-19-8-7-16(11-18(19)31)32(22(34)35)23(3,4)24(25,26)27/h7-8,11,14,17H,6,9-10,12-13H2,1-5H3,(H,28,33)(H,34,35)/t17-/m0/s1. The fourth-order valence-corrected chi connectivity index (χ4v) is 5.57. The first-order valence-electron chi connectivity index (χ1n) is 12.4. The van der Waals surface area contributed by atoms with Gasteiger partial charge in [-0.05, 0) is 39.0 Å². The third-order valence-corrected chi connectivity index (χ3v) is 8.03. The molecule has 0 spiro atoms. The Hall–Kier alpha value is -3.73. The molecule has 0 fully saturated rings. The number of methoxy groups -OCH3 is 1. The predicted octanol–water partition coefficient (Wildman–Crippen LogP) is 2.85. The van der Waals surface area contributed by atoms with Gasteiger partial charge in [0.2, 0.25) is 5.91 Å². The van der Waals surface area contributed by atoms with Gasteiger partial charge in [-0.25, -0.2) is 13.2 Å². The third-order valence-electron chi connectivity index (χ3n) is 6.27. The summed E-state index contributed by atoms with van der Waals surface area (Å²) in [6.07, 6.45) is -6.51. The number of hydrogen-bond acceptors (Lipinski definition) is 8. The van der Waals surface area contributed by atoms with Crippen molar-refractivity contribution in [2.45, 2.75) is 57.0 Å². The van der Waals surface area contributed by atoms with Crippen molar-refractivity contribution in [2.75, 3.05) is 42.6 Å². The lowest BCUT2D eigenvalue weighted by Gasteiger charge is -2.39. The van der Waals surface area contributed by atoms with Crippen LogP contribution < -0.4 is 24.0 Å². The minimum atomic E-state index is -4.96. The minimum absolute atomic E-state index is 0.0190. The highest BCUT2D eigenvalue weighted by molar-refractivity contribution is 7.93. The molecule has 2 aromatic rings. The van der Waals surface area contributed by atoms with Gasteiger partial charge < -0.3 is 24.6 Å². The number of nitrogens with zero attached hydrogens (tertiary/aromatic N) is 4. The number of halogens is 3. The third kappa shape index (κ3) is 6.61. The van der Waals surface area contributed by atoms with Crippen molar-refractivity contribution >= 4 is 33.4 Å². The number of carbonyl (C=O) groups excluding carboxylic acids is 1. The lowest BCUT2D eigenvalue weighted by Crippen LogP contribution is -2.57. The Morgan fingerprint density at radius 2 is 1.95 bits per heavy atom. The second-order valence-electron chi connectivity index (χ2n) is 9.54. The number of anilines is 2. The van der Waals surface area contributed by atoms with E-state index in [0.29, 0.717) is 20.4 Å². The summed E-state index contributed by atoms with van der Waals surface area (Å²) >= 11 is 0. The molecule has 3 rings (SSSR count). The van der Waals surface area contributed by atoms with E-state index >= 15 is 0 Å². The van der Waals surface area contributed by atoms with Crippen LogP contribution in [0, 0.1) is 0 Å². The van der Waals surface area contributed by atoms with Gasteiger partial charge >= 0.3 is 12.3 Å². The molecule has 0 bridgehead atoms. The lowest BCUT2D eigenvalue weighted by atomic mass is 10.0. The van der Waals surface area contributed by atoms with E-state index in [1.807, 2.05) is 0 Å². The predicted molar refractivity (Wildman–Crippen MR) is 140 cm³/mol. The molecule has 2 heterocycles. The van der Waals surface area contributed by atoms with Crippen molar-refractivity contribution < 1.29 is 50.5 Å². The van der Waals surface area contributed by atoms with E-state index in [0.717, 1.165) is 16.4 Å². The van der Waals surface area contributed by atoms with Gasteiger partial charge in [0, 0.05) is 26.8 Å².